The Balaban J connectivity index is 1.51. The highest BCUT2D eigenvalue weighted by Crippen LogP contribution is 2.30. The quantitative estimate of drug-likeness (QED) is 0.708. The highest BCUT2D eigenvalue weighted by molar-refractivity contribution is 6.15. The van der Waals surface area contributed by atoms with Crippen molar-refractivity contribution < 1.29 is 4.74 Å². The van der Waals surface area contributed by atoms with Gasteiger partial charge in [0, 0.05) is 49.2 Å². The number of fused-ring (bicyclic) bond motifs is 1. The molecular weight excluding hydrogens is 350 g/mol. The summed E-state index contributed by atoms with van der Waals surface area (Å²) in [7, 11) is 1.96. The molecule has 0 aliphatic carbocycles. The largest absolute Gasteiger partial charge is 0.378 e. The summed E-state index contributed by atoms with van der Waals surface area (Å²) >= 11 is 0. The molecule has 0 N–H and O–H groups in total. The minimum atomic E-state index is 0.728. The topological polar surface area (TPSA) is 55.5 Å². The van der Waals surface area contributed by atoms with Gasteiger partial charge in [-0.05, 0) is 36.2 Å². The van der Waals surface area contributed by atoms with Crippen molar-refractivity contribution in [2.45, 2.75) is 13.5 Å². The van der Waals surface area contributed by atoms with E-state index >= 15 is 0 Å². The van der Waals surface area contributed by atoms with Gasteiger partial charge in [0.2, 0.25) is 0 Å². The number of aromatic nitrogens is 3. The Labute approximate surface area is 164 Å². The molecule has 0 amide bonds. The molecule has 0 spiro atoms. The molecule has 4 heterocycles. The lowest BCUT2D eigenvalue weighted by molar-refractivity contribution is 0.122. The van der Waals surface area contributed by atoms with E-state index in [9.17, 15) is 0 Å². The molecule has 1 fully saturated rings. The first kappa shape index (κ1) is 17.1. The third-order valence-corrected chi connectivity index (χ3v) is 5.45. The molecule has 0 unspecified atom stereocenters. The molecular formula is C22H23N5O. The fourth-order valence-electron chi connectivity index (χ4n) is 4.01. The first-order valence-electron chi connectivity index (χ1n) is 9.66. The van der Waals surface area contributed by atoms with Gasteiger partial charge in [0.25, 0.3) is 0 Å². The molecule has 2 aliphatic rings. The van der Waals surface area contributed by atoms with E-state index < -0.39 is 0 Å². The number of ether oxygens (including phenoxy) is 1. The first-order chi connectivity index (χ1) is 13.7. The van der Waals surface area contributed by atoms with Crippen LogP contribution >= 0.6 is 0 Å². The molecule has 2 aliphatic heterocycles. The van der Waals surface area contributed by atoms with Crippen LogP contribution in [-0.4, -0.2) is 46.8 Å². The van der Waals surface area contributed by atoms with Crippen LogP contribution in [-0.2, 0) is 18.3 Å². The molecule has 3 aromatic rings. The maximum absolute atomic E-state index is 5.46. The summed E-state index contributed by atoms with van der Waals surface area (Å²) in [5.74, 6) is 0.996. The molecule has 28 heavy (non-hydrogen) atoms. The van der Waals surface area contributed by atoms with Crippen LogP contribution in [0.4, 0.5) is 5.82 Å². The average Bonchev–Trinajstić information content (AvgIpc) is 3.30. The first-order valence-corrected chi connectivity index (χ1v) is 9.66. The van der Waals surface area contributed by atoms with Crippen LogP contribution in [0, 0.1) is 6.92 Å². The van der Waals surface area contributed by atoms with Crippen LogP contribution in [0.2, 0.25) is 0 Å². The summed E-state index contributed by atoms with van der Waals surface area (Å²) in [6.07, 6.45) is 3.96. The van der Waals surface area contributed by atoms with Gasteiger partial charge in [-0.2, -0.15) is 5.10 Å². The minimum absolute atomic E-state index is 0.728. The van der Waals surface area contributed by atoms with E-state index in [1.54, 1.807) is 0 Å². The van der Waals surface area contributed by atoms with E-state index in [0.29, 0.717) is 0 Å². The van der Waals surface area contributed by atoms with Crippen LogP contribution in [0.5, 0.6) is 0 Å². The summed E-state index contributed by atoms with van der Waals surface area (Å²) in [6, 6.07) is 10.8. The van der Waals surface area contributed by atoms with E-state index in [1.807, 2.05) is 17.9 Å². The van der Waals surface area contributed by atoms with E-state index in [1.165, 1.54) is 22.3 Å². The van der Waals surface area contributed by atoms with Crippen molar-refractivity contribution in [1.29, 1.82) is 0 Å². The van der Waals surface area contributed by atoms with Gasteiger partial charge in [-0.25, -0.2) is 4.98 Å². The zero-order valence-corrected chi connectivity index (χ0v) is 16.2. The van der Waals surface area contributed by atoms with Gasteiger partial charge in [-0.3, -0.25) is 9.67 Å². The molecule has 5 rings (SSSR count). The highest BCUT2D eigenvalue weighted by atomic mass is 16.5. The molecule has 0 saturated carbocycles. The van der Waals surface area contributed by atoms with Gasteiger partial charge >= 0.3 is 0 Å². The van der Waals surface area contributed by atoms with E-state index in [4.69, 9.17) is 9.73 Å². The number of benzene rings is 1. The third kappa shape index (κ3) is 2.99. The van der Waals surface area contributed by atoms with E-state index in [-0.39, 0.29) is 0 Å². The molecule has 142 valence electrons. The van der Waals surface area contributed by atoms with E-state index in [0.717, 1.165) is 55.6 Å². The Morgan fingerprint density at radius 2 is 1.86 bits per heavy atom. The highest BCUT2D eigenvalue weighted by Gasteiger charge is 2.21. The van der Waals surface area contributed by atoms with Gasteiger partial charge in [-0.1, -0.05) is 12.1 Å². The second-order valence-electron chi connectivity index (χ2n) is 7.34. The number of rotatable bonds is 3. The summed E-state index contributed by atoms with van der Waals surface area (Å²) in [5, 5.41) is 4.48. The van der Waals surface area contributed by atoms with Crippen LogP contribution in [0.25, 0.3) is 11.1 Å². The standard InChI is InChI=1S/C22H23N5O/c1-15-20(14-26(2)25-15)16-3-4-18-13-24-22(19(18)11-16)17-5-6-23-21(12-17)27-7-9-28-10-8-27/h3-6,11-12,14H,7-10,13H2,1-2H3. The summed E-state index contributed by atoms with van der Waals surface area (Å²) in [6.45, 7) is 6.04. The van der Waals surface area contributed by atoms with E-state index in [2.05, 4.69) is 58.4 Å². The number of anilines is 1. The van der Waals surface area contributed by atoms with Gasteiger partial charge in [-0.15, -0.1) is 0 Å². The third-order valence-electron chi connectivity index (χ3n) is 5.45. The predicted molar refractivity (Wildman–Crippen MR) is 110 cm³/mol. The number of hydrogen-bond donors (Lipinski definition) is 0. The molecule has 6 nitrogen and oxygen atoms in total. The Morgan fingerprint density at radius 3 is 2.64 bits per heavy atom. The molecule has 6 heteroatoms. The lowest BCUT2D eigenvalue weighted by atomic mass is 9.96. The normalized spacial score (nSPS) is 16.2. The maximum Gasteiger partial charge on any atom is 0.129 e. The fraction of sp³-hybridized carbons (Fsp3) is 0.318. The number of morpholine rings is 1. The SMILES string of the molecule is Cc1nn(C)cc1-c1ccc2c(c1)C(c1ccnc(N3CCOCC3)c1)=NC2. The second-order valence-corrected chi connectivity index (χ2v) is 7.34. The zero-order valence-electron chi connectivity index (χ0n) is 16.2. The van der Waals surface area contributed by atoms with Crippen molar-refractivity contribution in [2.24, 2.45) is 12.0 Å². The number of aryl methyl sites for hydroxylation is 2. The Hall–Kier alpha value is -2.99. The summed E-state index contributed by atoms with van der Waals surface area (Å²) in [5.41, 5.74) is 8.04. The smallest absolute Gasteiger partial charge is 0.129 e. The van der Waals surface area contributed by atoms with Crippen molar-refractivity contribution in [2.75, 3.05) is 31.2 Å². The fourth-order valence-corrected chi connectivity index (χ4v) is 4.01. The molecule has 1 saturated heterocycles. The number of aliphatic imine (C=N–C) groups is 1. The minimum Gasteiger partial charge on any atom is -0.378 e. The van der Waals surface area contributed by atoms with Crippen LogP contribution < -0.4 is 4.90 Å². The molecule has 2 aromatic heterocycles. The van der Waals surface area contributed by atoms with Crippen LogP contribution in [0.3, 0.4) is 0 Å². The molecule has 0 radical (unpaired) electrons. The van der Waals surface area contributed by atoms with Gasteiger partial charge < -0.3 is 9.64 Å². The number of hydrogen-bond acceptors (Lipinski definition) is 5. The van der Waals surface area contributed by atoms with Gasteiger partial charge in [0.1, 0.15) is 5.82 Å². The molecule has 0 bridgehead atoms. The molecule has 1 aromatic carbocycles. The second kappa shape index (κ2) is 6.87. The summed E-state index contributed by atoms with van der Waals surface area (Å²) in [4.78, 5) is 11.7. The van der Waals surface area contributed by atoms with Crippen molar-refractivity contribution in [3.8, 4) is 11.1 Å². The number of pyridine rings is 1. The van der Waals surface area contributed by atoms with Crippen molar-refractivity contribution in [3.63, 3.8) is 0 Å². The van der Waals surface area contributed by atoms with Crippen molar-refractivity contribution in [1.82, 2.24) is 14.8 Å². The lowest BCUT2D eigenvalue weighted by Crippen LogP contribution is -2.36. The van der Waals surface area contributed by atoms with Crippen LogP contribution in [0.1, 0.15) is 22.4 Å². The van der Waals surface area contributed by atoms with Crippen LogP contribution in [0.15, 0.2) is 47.7 Å². The molecule has 0 atom stereocenters. The van der Waals surface area contributed by atoms with Crippen molar-refractivity contribution >= 4 is 11.5 Å². The monoisotopic (exact) mass is 373 g/mol. The average molecular weight is 373 g/mol. The summed E-state index contributed by atoms with van der Waals surface area (Å²) < 4.78 is 7.33. The number of nitrogens with zero attached hydrogens (tertiary/aromatic N) is 5. The Bertz CT molecular complexity index is 1060. The Morgan fingerprint density at radius 1 is 1.00 bits per heavy atom. The Kier molecular flexibility index (Phi) is 4.20. The maximum atomic E-state index is 5.46. The van der Waals surface area contributed by atoms with Gasteiger partial charge in [0.05, 0.1) is 31.2 Å². The zero-order chi connectivity index (χ0) is 19.1. The van der Waals surface area contributed by atoms with Gasteiger partial charge in [0.15, 0.2) is 0 Å². The van der Waals surface area contributed by atoms with Crippen molar-refractivity contribution in [3.05, 3.63) is 65.1 Å². The predicted octanol–water partition coefficient (Wildman–Crippen LogP) is 2.98. The lowest BCUT2D eigenvalue weighted by Gasteiger charge is -2.28.